The van der Waals surface area contributed by atoms with E-state index in [9.17, 15) is 0 Å². The molecule has 4 heteroatoms. The highest BCUT2D eigenvalue weighted by Gasteiger charge is 2.05. The molecule has 0 unspecified atom stereocenters. The van der Waals surface area contributed by atoms with E-state index >= 15 is 0 Å². The van der Waals surface area contributed by atoms with E-state index in [-0.39, 0.29) is 0 Å². The second-order valence-corrected chi connectivity index (χ2v) is 5.10. The first kappa shape index (κ1) is 12.2. The summed E-state index contributed by atoms with van der Waals surface area (Å²) in [5.74, 6) is 0. The summed E-state index contributed by atoms with van der Waals surface area (Å²) in [5, 5.41) is 3.39. The zero-order valence-electron chi connectivity index (χ0n) is 10.2. The molecule has 1 heterocycles. The first-order valence-corrected chi connectivity index (χ1v) is 7.06. The highest BCUT2D eigenvalue weighted by atomic mass is 32.1. The van der Waals surface area contributed by atoms with Crippen LogP contribution in [-0.4, -0.2) is 11.5 Å². The molecule has 0 amide bonds. The number of hydrogen-bond acceptors (Lipinski definition) is 4. The molecular formula is C13H19N3S. The van der Waals surface area contributed by atoms with E-state index in [2.05, 4.69) is 29.4 Å². The normalized spacial score (nSPS) is 10.9. The van der Waals surface area contributed by atoms with Crippen molar-refractivity contribution in [3.8, 4) is 0 Å². The molecule has 0 atom stereocenters. The van der Waals surface area contributed by atoms with E-state index in [0.717, 1.165) is 28.1 Å². The minimum Gasteiger partial charge on any atom is -0.395 e. The Kier molecular flexibility index (Phi) is 4.20. The molecule has 0 aliphatic heterocycles. The Bertz CT molecular complexity index is 478. The Labute approximate surface area is 106 Å². The molecule has 3 nitrogen and oxygen atoms in total. The van der Waals surface area contributed by atoms with Crippen LogP contribution in [0.25, 0.3) is 10.2 Å². The van der Waals surface area contributed by atoms with Crippen LogP contribution in [0.1, 0.15) is 32.6 Å². The molecule has 0 radical (unpaired) electrons. The molecule has 1 aromatic heterocycles. The molecule has 0 fully saturated rings. The zero-order valence-corrected chi connectivity index (χ0v) is 11.0. The average molecular weight is 249 g/mol. The van der Waals surface area contributed by atoms with Crippen molar-refractivity contribution in [1.82, 2.24) is 4.98 Å². The minimum atomic E-state index is 0.777. The van der Waals surface area contributed by atoms with Crippen molar-refractivity contribution in [2.24, 2.45) is 0 Å². The summed E-state index contributed by atoms with van der Waals surface area (Å²) in [4.78, 5) is 4.29. The summed E-state index contributed by atoms with van der Waals surface area (Å²) in [6.07, 6.45) is 5.06. The number of anilines is 2. The van der Waals surface area contributed by atoms with Gasteiger partial charge < -0.3 is 11.1 Å². The number of aromatic nitrogens is 1. The monoisotopic (exact) mass is 249 g/mol. The fourth-order valence-corrected chi connectivity index (χ4v) is 2.57. The lowest BCUT2D eigenvalue weighted by Crippen LogP contribution is -2.04. The van der Waals surface area contributed by atoms with Gasteiger partial charge in [-0.25, -0.2) is 4.98 Å². The first-order chi connectivity index (χ1) is 8.33. The van der Waals surface area contributed by atoms with Crippen molar-refractivity contribution < 1.29 is 0 Å². The molecule has 2 rings (SSSR count). The van der Waals surface area contributed by atoms with Crippen LogP contribution in [0.5, 0.6) is 0 Å². The van der Waals surface area contributed by atoms with Crippen molar-refractivity contribution in [3.63, 3.8) is 0 Å². The van der Waals surface area contributed by atoms with Crippen LogP contribution in [0.15, 0.2) is 17.6 Å². The van der Waals surface area contributed by atoms with Gasteiger partial charge in [-0.15, -0.1) is 11.3 Å². The van der Waals surface area contributed by atoms with Gasteiger partial charge in [-0.1, -0.05) is 26.2 Å². The van der Waals surface area contributed by atoms with E-state index in [1.165, 1.54) is 25.7 Å². The topological polar surface area (TPSA) is 50.9 Å². The fraction of sp³-hybridized carbons (Fsp3) is 0.462. The number of unbranched alkanes of at least 4 members (excludes halogenated alkanes) is 3. The number of nitrogen functional groups attached to an aromatic ring is 1. The van der Waals surface area contributed by atoms with Gasteiger partial charge in [0.05, 0.1) is 21.6 Å². The van der Waals surface area contributed by atoms with Crippen molar-refractivity contribution in [1.29, 1.82) is 0 Å². The standard InChI is InChI=1S/C13H19N3S/c1-2-3-4-5-8-15-10-6-7-11-13(12(10)14)16-9-17-11/h6-7,9,15H,2-5,8,14H2,1H3. The molecule has 0 aliphatic carbocycles. The molecular weight excluding hydrogens is 230 g/mol. The molecule has 0 aliphatic rings. The zero-order chi connectivity index (χ0) is 12.1. The maximum atomic E-state index is 6.09. The highest BCUT2D eigenvalue weighted by molar-refractivity contribution is 7.16. The molecule has 3 N–H and O–H groups in total. The number of thiazole rings is 1. The number of fused-ring (bicyclic) bond motifs is 1. The summed E-state index contributed by atoms with van der Waals surface area (Å²) in [6, 6.07) is 4.13. The van der Waals surface area contributed by atoms with Gasteiger partial charge in [0.25, 0.3) is 0 Å². The Morgan fingerprint density at radius 1 is 1.29 bits per heavy atom. The SMILES string of the molecule is CCCCCCNc1ccc2scnc2c1N. The third-order valence-electron chi connectivity index (χ3n) is 2.89. The molecule has 0 spiro atoms. The number of nitrogens with one attached hydrogen (secondary N) is 1. The van der Waals surface area contributed by atoms with E-state index in [0.29, 0.717) is 0 Å². The molecule has 1 aromatic carbocycles. The summed E-state index contributed by atoms with van der Waals surface area (Å²) < 4.78 is 1.15. The second-order valence-electron chi connectivity index (χ2n) is 4.21. The molecule has 0 saturated carbocycles. The molecule has 92 valence electrons. The number of hydrogen-bond donors (Lipinski definition) is 2. The summed E-state index contributed by atoms with van der Waals surface area (Å²) in [7, 11) is 0. The largest absolute Gasteiger partial charge is 0.395 e. The Morgan fingerprint density at radius 2 is 2.18 bits per heavy atom. The van der Waals surface area contributed by atoms with Crippen molar-refractivity contribution in [2.45, 2.75) is 32.6 Å². The van der Waals surface area contributed by atoms with Gasteiger partial charge in [0.2, 0.25) is 0 Å². The van der Waals surface area contributed by atoms with Gasteiger partial charge in [-0.2, -0.15) is 0 Å². The lowest BCUT2D eigenvalue weighted by Gasteiger charge is -2.09. The average Bonchev–Trinajstić information content (AvgIpc) is 2.80. The molecule has 0 bridgehead atoms. The van der Waals surface area contributed by atoms with Crippen LogP contribution in [0.4, 0.5) is 11.4 Å². The Hall–Kier alpha value is -1.29. The van der Waals surface area contributed by atoms with E-state index < -0.39 is 0 Å². The maximum absolute atomic E-state index is 6.09. The number of rotatable bonds is 6. The van der Waals surface area contributed by atoms with Crippen LogP contribution in [0.2, 0.25) is 0 Å². The third kappa shape index (κ3) is 2.88. The van der Waals surface area contributed by atoms with Gasteiger partial charge in [0.15, 0.2) is 0 Å². The van der Waals surface area contributed by atoms with E-state index in [4.69, 9.17) is 5.73 Å². The van der Waals surface area contributed by atoms with E-state index in [1.54, 1.807) is 11.3 Å². The van der Waals surface area contributed by atoms with Gasteiger partial charge >= 0.3 is 0 Å². The van der Waals surface area contributed by atoms with Crippen molar-refractivity contribution in [3.05, 3.63) is 17.6 Å². The van der Waals surface area contributed by atoms with Crippen LogP contribution < -0.4 is 11.1 Å². The van der Waals surface area contributed by atoms with Gasteiger partial charge in [-0.05, 0) is 18.6 Å². The lowest BCUT2D eigenvalue weighted by atomic mass is 10.2. The summed E-state index contributed by atoms with van der Waals surface area (Å²) >= 11 is 1.63. The molecule has 0 saturated heterocycles. The minimum absolute atomic E-state index is 0.777. The first-order valence-electron chi connectivity index (χ1n) is 6.18. The second kappa shape index (κ2) is 5.87. The quantitative estimate of drug-likeness (QED) is 0.603. The molecule has 2 aromatic rings. The van der Waals surface area contributed by atoms with Gasteiger partial charge in [-0.3, -0.25) is 0 Å². The highest BCUT2D eigenvalue weighted by Crippen LogP contribution is 2.29. The van der Waals surface area contributed by atoms with Gasteiger partial charge in [0, 0.05) is 6.54 Å². The van der Waals surface area contributed by atoms with Gasteiger partial charge in [0.1, 0.15) is 5.52 Å². The van der Waals surface area contributed by atoms with Crippen LogP contribution in [0.3, 0.4) is 0 Å². The van der Waals surface area contributed by atoms with Crippen molar-refractivity contribution >= 4 is 32.9 Å². The van der Waals surface area contributed by atoms with Crippen LogP contribution in [-0.2, 0) is 0 Å². The lowest BCUT2D eigenvalue weighted by molar-refractivity contribution is 0.685. The van der Waals surface area contributed by atoms with Crippen molar-refractivity contribution in [2.75, 3.05) is 17.6 Å². The fourth-order valence-electron chi connectivity index (χ4n) is 1.88. The predicted molar refractivity (Wildman–Crippen MR) is 76.7 cm³/mol. The molecule has 17 heavy (non-hydrogen) atoms. The maximum Gasteiger partial charge on any atom is 0.106 e. The third-order valence-corrected chi connectivity index (χ3v) is 3.68. The number of nitrogens with two attached hydrogens (primary N) is 1. The number of nitrogens with zero attached hydrogens (tertiary/aromatic N) is 1. The van der Waals surface area contributed by atoms with E-state index in [1.807, 2.05) is 5.51 Å². The Balaban J connectivity index is 1.96. The summed E-state index contributed by atoms with van der Waals surface area (Å²) in [6.45, 7) is 3.21. The smallest absolute Gasteiger partial charge is 0.106 e. The predicted octanol–water partition coefficient (Wildman–Crippen LogP) is 3.87. The Morgan fingerprint density at radius 3 is 3.00 bits per heavy atom. The summed E-state index contributed by atoms with van der Waals surface area (Å²) in [5.41, 5.74) is 10.6. The van der Waals surface area contributed by atoms with Crippen LogP contribution >= 0.6 is 11.3 Å². The number of benzene rings is 1. The van der Waals surface area contributed by atoms with Crippen LogP contribution in [0, 0.1) is 0 Å².